The molecule has 0 radical (unpaired) electrons. The van der Waals surface area contributed by atoms with Crippen LogP contribution in [-0.2, 0) is 9.53 Å². The number of hydrogen-bond acceptors (Lipinski definition) is 2. The molecule has 0 aliphatic heterocycles. The fourth-order valence-corrected chi connectivity index (χ4v) is 1.94. The van der Waals surface area contributed by atoms with Gasteiger partial charge in [-0.05, 0) is 33.1 Å². The molecule has 1 rings (SSSR count). The zero-order valence-electron chi connectivity index (χ0n) is 9.92. The van der Waals surface area contributed by atoms with Crippen LogP contribution in [0, 0.1) is 5.92 Å². The lowest BCUT2D eigenvalue weighted by molar-refractivity contribution is -0.124. The van der Waals surface area contributed by atoms with Crippen molar-refractivity contribution in [3.8, 4) is 0 Å². The number of ether oxygens (including phenoxy) is 1. The second kappa shape index (κ2) is 6.83. The average Bonchev–Trinajstić information content (AvgIpc) is 2.69. The summed E-state index contributed by atoms with van der Waals surface area (Å²) in [6, 6.07) is 0. The molecule has 1 saturated carbocycles. The number of hydrogen-bond donors (Lipinski definition) is 1. The maximum Gasteiger partial charge on any atom is 0.223 e. The molecule has 15 heavy (non-hydrogen) atoms. The molecule has 1 amide bonds. The summed E-state index contributed by atoms with van der Waals surface area (Å²) in [4.78, 5) is 11.6. The molecular formula is C12H23NO2. The SMILES string of the molecule is CC(C)OCCCNC(=O)C1CCCC1. The Kier molecular flexibility index (Phi) is 5.69. The fourth-order valence-electron chi connectivity index (χ4n) is 1.94. The molecular weight excluding hydrogens is 190 g/mol. The Morgan fingerprint density at radius 1 is 1.40 bits per heavy atom. The van der Waals surface area contributed by atoms with Gasteiger partial charge in [-0.15, -0.1) is 0 Å². The first-order valence-corrected chi connectivity index (χ1v) is 6.09. The minimum absolute atomic E-state index is 0.247. The maximum absolute atomic E-state index is 11.6. The van der Waals surface area contributed by atoms with Gasteiger partial charge in [0, 0.05) is 19.1 Å². The molecule has 1 aliphatic rings. The summed E-state index contributed by atoms with van der Waals surface area (Å²) in [5.41, 5.74) is 0. The molecule has 0 aromatic carbocycles. The molecule has 0 unspecified atom stereocenters. The van der Waals surface area contributed by atoms with Gasteiger partial charge in [0.15, 0.2) is 0 Å². The van der Waals surface area contributed by atoms with E-state index in [1.807, 2.05) is 13.8 Å². The third-order valence-corrected chi connectivity index (χ3v) is 2.80. The molecule has 3 nitrogen and oxygen atoms in total. The van der Waals surface area contributed by atoms with Crippen LogP contribution in [0.4, 0.5) is 0 Å². The van der Waals surface area contributed by atoms with Crippen LogP contribution in [0.1, 0.15) is 46.0 Å². The summed E-state index contributed by atoms with van der Waals surface area (Å²) >= 11 is 0. The highest BCUT2D eigenvalue weighted by molar-refractivity contribution is 5.78. The van der Waals surface area contributed by atoms with E-state index in [-0.39, 0.29) is 17.9 Å². The monoisotopic (exact) mass is 213 g/mol. The van der Waals surface area contributed by atoms with Crippen molar-refractivity contribution in [2.24, 2.45) is 5.92 Å². The van der Waals surface area contributed by atoms with Gasteiger partial charge in [0.2, 0.25) is 5.91 Å². The minimum atomic E-state index is 0.247. The fraction of sp³-hybridized carbons (Fsp3) is 0.917. The molecule has 0 bridgehead atoms. The molecule has 3 heteroatoms. The standard InChI is InChI=1S/C12H23NO2/c1-10(2)15-9-5-8-13-12(14)11-6-3-4-7-11/h10-11H,3-9H2,1-2H3,(H,13,14). The first-order valence-electron chi connectivity index (χ1n) is 6.09. The lowest BCUT2D eigenvalue weighted by Gasteiger charge is -2.11. The lowest BCUT2D eigenvalue weighted by atomic mass is 10.1. The Bertz CT molecular complexity index is 186. The molecule has 0 aromatic heterocycles. The third kappa shape index (κ3) is 5.17. The second-order valence-electron chi connectivity index (χ2n) is 4.55. The highest BCUT2D eigenvalue weighted by Gasteiger charge is 2.21. The van der Waals surface area contributed by atoms with E-state index in [0.29, 0.717) is 0 Å². The van der Waals surface area contributed by atoms with Crippen molar-refractivity contribution in [1.29, 1.82) is 0 Å². The molecule has 0 spiro atoms. The van der Waals surface area contributed by atoms with Crippen LogP contribution in [0.25, 0.3) is 0 Å². The van der Waals surface area contributed by atoms with E-state index in [1.54, 1.807) is 0 Å². The number of nitrogens with one attached hydrogen (secondary N) is 1. The quantitative estimate of drug-likeness (QED) is 0.686. The van der Waals surface area contributed by atoms with Crippen LogP contribution in [0.15, 0.2) is 0 Å². The van der Waals surface area contributed by atoms with Gasteiger partial charge >= 0.3 is 0 Å². The summed E-state index contributed by atoms with van der Waals surface area (Å²) in [7, 11) is 0. The Balaban J connectivity index is 1.97. The van der Waals surface area contributed by atoms with E-state index in [1.165, 1.54) is 12.8 Å². The van der Waals surface area contributed by atoms with Crippen molar-refractivity contribution in [3.05, 3.63) is 0 Å². The number of amides is 1. The van der Waals surface area contributed by atoms with Gasteiger partial charge in [-0.3, -0.25) is 4.79 Å². The second-order valence-corrected chi connectivity index (χ2v) is 4.55. The van der Waals surface area contributed by atoms with E-state index < -0.39 is 0 Å². The zero-order valence-corrected chi connectivity index (χ0v) is 9.92. The smallest absolute Gasteiger partial charge is 0.223 e. The molecule has 0 aromatic rings. The largest absolute Gasteiger partial charge is 0.379 e. The van der Waals surface area contributed by atoms with Crippen molar-refractivity contribution < 1.29 is 9.53 Å². The van der Waals surface area contributed by atoms with E-state index >= 15 is 0 Å². The van der Waals surface area contributed by atoms with E-state index in [0.717, 1.165) is 32.4 Å². The van der Waals surface area contributed by atoms with Crippen molar-refractivity contribution in [3.63, 3.8) is 0 Å². The zero-order chi connectivity index (χ0) is 11.1. The van der Waals surface area contributed by atoms with E-state index in [4.69, 9.17) is 4.74 Å². The Morgan fingerprint density at radius 2 is 2.07 bits per heavy atom. The first kappa shape index (κ1) is 12.5. The Hall–Kier alpha value is -0.570. The van der Waals surface area contributed by atoms with Gasteiger partial charge in [0.1, 0.15) is 0 Å². The number of carbonyl (C=O) groups excluding carboxylic acids is 1. The maximum atomic E-state index is 11.6. The summed E-state index contributed by atoms with van der Waals surface area (Å²) in [6.45, 7) is 5.54. The molecule has 1 fully saturated rings. The van der Waals surface area contributed by atoms with Crippen LogP contribution in [0.2, 0.25) is 0 Å². The van der Waals surface area contributed by atoms with E-state index in [2.05, 4.69) is 5.32 Å². The minimum Gasteiger partial charge on any atom is -0.379 e. The summed E-state index contributed by atoms with van der Waals surface area (Å²) < 4.78 is 5.40. The van der Waals surface area contributed by atoms with E-state index in [9.17, 15) is 4.79 Å². The molecule has 88 valence electrons. The first-order chi connectivity index (χ1) is 7.20. The topological polar surface area (TPSA) is 38.3 Å². The predicted molar refractivity (Wildman–Crippen MR) is 60.7 cm³/mol. The van der Waals surface area contributed by atoms with Crippen LogP contribution >= 0.6 is 0 Å². The molecule has 1 aliphatic carbocycles. The van der Waals surface area contributed by atoms with Crippen molar-refractivity contribution in [2.75, 3.05) is 13.2 Å². The molecule has 1 N–H and O–H groups in total. The molecule has 0 saturated heterocycles. The Morgan fingerprint density at radius 3 is 2.67 bits per heavy atom. The molecule has 0 heterocycles. The normalized spacial score (nSPS) is 17.3. The van der Waals surface area contributed by atoms with Crippen molar-refractivity contribution in [2.45, 2.75) is 52.1 Å². The van der Waals surface area contributed by atoms with Crippen molar-refractivity contribution >= 4 is 5.91 Å². The summed E-state index contributed by atoms with van der Waals surface area (Å²) in [6.07, 6.45) is 5.79. The number of carbonyl (C=O) groups is 1. The van der Waals surface area contributed by atoms with Gasteiger partial charge in [0.05, 0.1) is 6.10 Å². The van der Waals surface area contributed by atoms with Gasteiger partial charge in [-0.1, -0.05) is 12.8 Å². The van der Waals surface area contributed by atoms with Gasteiger partial charge < -0.3 is 10.1 Å². The van der Waals surface area contributed by atoms with Crippen molar-refractivity contribution in [1.82, 2.24) is 5.32 Å². The number of rotatable bonds is 6. The average molecular weight is 213 g/mol. The van der Waals surface area contributed by atoms with Gasteiger partial charge in [-0.25, -0.2) is 0 Å². The van der Waals surface area contributed by atoms with Crippen LogP contribution in [0.5, 0.6) is 0 Å². The summed E-state index contributed by atoms with van der Waals surface area (Å²) in [5.74, 6) is 0.535. The highest BCUT2D eigenvalue weighted by Crippen LogP contribution is 2.24. The van der Waals surface area contributed by atoms with Crippen LogP contribution < -0.4 is 5.32 Å². The molecule has 0 atom stereocenters. The predicted octanol–water partition coefficient (Wildman–Crippen LogP) is 2.11. The Labute approximate surface area is 92.6 Å². The van der Waals surface area contributed by atoms with Gasteiger partial charge in [-0.2, -0.15) is 0 Å². The van der Waals surface area contributed by atoms with Crippen LogP contribution in [0.3, 0.4) is 0 Å². The highest BCUT2D eigenvalue weighted by atomic mass is 16.5. The van der Waals surface area contributed by atoms with Gasteiger partial charge in [0.25, 0.3) is 0 Å². The third-order valence-electron chi connectivity index (χ3n) is 2.80. The summed E-state index contributed by atoms with van der Waals surface area (Å²) in [5, 5.41) is 2.98. The van der Waals surface area contributed by atoms with Crippen LogP contribution in [-0.4, -0.2) is 25.2 Å². The lowest BCUT2D eigenvalue weighted by Crippen LogP contribution is -2.30.